The molecule has 4 nitrogen and oxygen atoms in total. The van der Waals surface area contributed by atoms with Crippen LogP contribution in [0.25, 0.3) is 0 Å². The van der Waals surface area contributed by atoms with E-state index in [-0.39, 0.29) is 5.56 Å². The molecule has 0 aliphatic rings. The fraction of sp³-hybridized carbons (Fsp3) is 0. The van der Waals surface area contributed by atoms with Crippen molar-refractivity contribution in [1.82, 2.24) is 0 Å². The van der Waals surface area contributed by atoms with Crippen molar-refractivity contribution >= 4 is 52.1 Å². The summed E-state index contributed by atoms with van der Waals surface area (Å²) in [5.41, 5.74) is 0.799. The molecule has 0 aromatic heterocycles. The molecule has 0 fully saturated rings. The third kappa shape index (κ3) is 3.16. The van der Waals surface area contributed by atoms with Gasteiger partial charge in [0.2, 0.25) is 0 Å². The van der Waals surface area contributed by atoms with Gasteiger partial charge in [-0.1, -0.05) is 0 Å². The van der Waals surface area contributed by atoms with E-state index in [1.165, 1.54) is 18.2 Å². The van der Waals surface area contributed by atoms with Crippen molar-refractivity contribution in [2.75, 3.05) is 0 Å². The molecule has 0 atom stereocenters. The second-order valence-electron chi connectivity index (χ2n) is 2.45. The molecular weight excluding hydrogens is 232 g/mol. The number of carbonyl (C=O) groups is 1. The zero-order valence-corrected chi connectivity index (χ0v) is 8.93. The SMILES string of the molecule is O=C(O)c1cc(N=C=S)cc(N=C=S)c1. The minimum atomic E-state index is -1.07. The normalized spacial score (nSPS) is 8.53. The van der Waals surface area contributed by atoms with E-state index < -0.39 is 5.97 Å². The highest BCUT2D eigenvalue weighted by Gasteiger charge is 2.05. The molecule has 0 aliphatic carbocycles. The number of isothiocyanates is 2. The monoisotopic (exact) mass is 236 g/mol. The van der Waals surface area contributed by atoms with Gasteiger partial charge in [-0.25, -0.2) is 4.79 Å². The Morgan fingerprint density at radius 1 is 1.13 bits per heavy atom. The maximum absolute atomic E-state index is 10.7. The second-order valence-corrected chi connectivity index (χ2v) is 2.81. The van der Waals surface area contributed by atoms with Gasteiger partial charge in [0.15, 0.2) is 0 Å². The predicted molar refractivity (Wildman–Crippen MR) is 62.8 cm³/mol. The van der Waals surface area contributed by atoms with Gasteiger partial charge in [0, 0.05) is 0 Å². The third-order valence-corrected chi connectivity index (χ3v) is 1.68. The molecule has 0 aliphatic heterocycles. The van der Waals surface area contributed by atoms with Crippen LogP contribution in [-0.4, -0.2) is 21.4 Å². The van der Waals surface area contributed by atoms with Gasteiger partial charge >= 0.3 is 5.97 Å². The lowest BCUT2D eigenvalue weighted by Crippen LogP contribution is -1.94. The van der Waals surface area contributed by atoms with Crippen LogP contribution in [0.5, 0.6) is 0 Å². The Bertz CT molecular complexity index is 434. The average Bonchev–Trinajstić information content (AvgIpc) is 2.18. The number of hydrogen-bond acceptors (Lipinski definition) is 5. The summed E-state index contributed by atoms with van der Waals surface area (Å²) in [6.07, 6.45) is 0. The lowest BCUT2D eigenvalue weighted by Gasteiger charge is -1.98. The number of hydrogen-bond donors (Lipinski definition) is 1. The zero-order chi connectivity index (χ0) is 11.3. The Hall–Kier alpha value is -1.71. The van der Waals surface area contributed by atoms with Crippen LogP contribution in [-0.2, 0) is 0 Å². The number of carboxylic acids is 1. The van der Waals surface area contributed by atoms with Crippen LogP contribution in [0.2, 0.25) is 0 Å². The quantitative estimate of drug-likeness (QED) is 0.647. The van der Waals surface area contributed by atoms with E-state index >= 15 is 0 Å². The Kier molecular flexibility index (Phi) is 3.97. The first-order chi connectivity index (χ1) is 7.17. The summed E-state index contributed by atoms with van der Waals surface area (Å²) >= 11 is 8.84. The van der Waals surface area contributed by atoms with E-state index in [0.717, 1.165) is 0 Å². The van der Waals surface area contributed by atoms with Gasteiger partial charge in [-0.15, -0.1) is 0 Å². The van der Waals surface area contributed by atoms with E-state index in [4.69, 9.17) is 5.11 Å². The number of rotatable bonds is 3. The number of aliphatic imine (C=N–C) groups is 2. The first-order valence-corrected chi connectivity index (χ1v) is 4.53. The van der Waals surface area contributed by atoms with Gasteiger partial charge in [0.1, 0.15) is 0 Å². The first kappa shape index (κ1) is 11.4. The van der Waals surface area contributed by atoms with Crippen molar-refractivity contribution < 1.29 is 9.90 Å². The van der Waals surface area contributed by atoms with E-state index in [9.17, 15) is 4.79 Å². The van der Waals surface area contributed by atoms with E-state index in [0.29, 0.717) is 11.4 Å². The average molecular weight is 236 g/mol. The van der Waals surface area contributed by atoms with Crippen molar-refractivity contribution in [1.29, 1.82) is 0 Å². The number of nitrogens with zero attached hydrogens (tertiary/aromatic N) is 2. The molecule has 74 valence electrons. The molecule has 0 radical (unpaired) electrons. The van der Waals surface area contributed by atoms with Crippen molar-refractivity contribution in [2.24, 2.45) is 9.98 Å². The van der Waals surface area contributed by atoms with Crippen molar-refractivity contribution in [3.05, 3.63) is 23.8 Å². The highest BCUT2D eigenvalue weighted by atomic mass is 32.1. The highest BCUT2D eigenvalue weighted by Crippen LogP contribution is 2.23. The molecule has 1 rings (SSSR count). The number of aromatic carboxylic acids is 1. The highest BCUT2D eigenvalue weighted by molar-refractivity contribution is 7.78. The van der Waals surface area contributed by atoms with Crippen LogP contribution >= 0.6 is 24.4 Å². The summed E-state index contributed by atoms with van der Waals surface area (Å²) in [4.78, 5) is 18.1. The summed E-state index contributed by atoms with van der Waals surface area (Å²) in [6.45, 7) is 0. The summed E-state index contributed by atoms with van der Waals surface area (Å²) in [5, 5.41) is 13.1. The smallest absolute Gasteiger partial charge is 0.335 e. The van der Waals surface area contributed by atoms with Gasteiger partial charge in [0.25, 0.3) is 0 Å². The maximum atomic E-state index is 10.7. The van der Waals surface area contributed by atoms with Crippen molar-refractivity contribution in [2.45, 2.75) is 0 Å². The van der Waals surface area contributed by atoms with Crippen LogP contribution in [0.3, 0.4) is 0 Å². The van der Waals surface area contributed by atoms with Crippen LogP contribution < -0.4 is 0 Å². The number of thiocarbonyl (C=S) groups is 2. The van der Waals surface area contributed by atoms with Gasteiger partial charge in [-0.3, -0.25) is 0 Å². The van der Waals surface area contributed by atoms with Gasteiger partial charge in [0.05, 0.1) is 27.3 Å². The van der Waals surface area contributed by atoms with Crippen molar-refractivity contribution in [3.8, 4) is 0 Å². The van der Waals surface area contributed by atoms with Gasteiger partial charge in [-0.2, -0.15) is 9.98 Å². The number of carboxylic acid groups (broad SMARTS) is 1. The van der Waals surface area contributed by atoms with Crippen LogP contribution in [0.15, 0.2) is 28.2 Å². The van der Waals surface area contributed by atoms with Crippen molar-refractivity contribution in [3.63, 3.8) is 0 Å². The first-order valence-electron chi connectivity index (χ1n) is 3.71. The van der Waals surface area contributed by atoms with E-state index in [1.54, 1.807) is 0 Å². The molecule has 1 N–H and O–H groups in total. The summed E-state index contributed by atoms with van der Waals surface area (Å²) in [6, 6.07) is 4.26. The van der Waals surface area contributed by atoms with Crippen LogP contribution in [0.4, 0.5) is 11.4 Å². The minimum absolute atomic E-state index is 0.0606. The lowest BCUT2D eigenvalue weighted by atomic mass is 10.2. The van der Waals surface area contributed by atoms with Crippen LogP contribution in [0, 0.1) is 0 Å². The molecule has 0 unspecified atom stereocenters. The fourth-order valence-electron chi connectivity index (χ4n) is 0.953. The molecule has 0 amide bonds. The Balaban J connectivity index is 3.37. The molecule has 0 bridgehead atoms. The third-order valence-electron chi connectivity index (χ3n) is 1.50. The minimum Gasteiger partial charge on any atom is -0.478 e. The van der Waals surface area contributed by atoms with Gasteiger partial charge < -0.3 is 5.11 Å². The molecule has 1 aromatic carbocycles. The molecule has 0 saturated heterocycles. The van der Waals surface area contributed by atoms with Crippen LogP contribution in [0.1, 0.15) is 10.4 Å². The van der Waals surface area contributed by atoms with Gasteiger partial charge in [-0.05, 0) is 42.6 Å². The predicted octanol–water partition coefficient (Wildman–Crippen LogP) is 2.85. The zero-order valence-electron chi connectivity index (χ0n) is 7.30. The molecular formula is C9H4N2O2S2. The summed E-state index contributed by atoms with van der Waals surface area (Å²) < 4.78 is 0. The molecule has 6 heteroatoms. The summed E-state index contributed by atoms with van der Waals surface area (Å²) in [5.74, 6) is -1.07. The molecule has 15 heavy (non-hydrogen) atoms. The maximum Gasteiger partial charge on any atom is 0.335 e. The topological polar surface area (TPSA) is 62.0 Å². The van der Waals surface area contributed by atoms with E-state index in [2.05, 4.69) is 44.7 Å². The number of benzene rings is 1. The fourth-order valence-corrected chi connectivity index (χ4v) is 1.16. The molecule has 0 spiro atoms. The largest absolute Gasteiger partial charge is 0.478 e. The molecule has 0 heterocycles. The molecule has 1 aromatic rings. The lowest BCUT2D eigenvalue weighted by molar-refractivity contribution is 0.0697. The van der Waals surface area contributed by atoms with E-state index in [1.807, 2.05) is 0 Å². The Morgan fingerprint density at radius 2 is 1.60 bits per heavy atom. The standard InChI is InChI=1S/C9H4N2O2S2/c12-9(13)6-1-7(10-4-14)3-8(2-6)11-5-15/h1-3H,(H,12,13). The Morgan fingerprint density at radius 3 is 1.93 bits per heavy atom. The second kappa shape index (κ2) is 5.24. The summed E-state index contributed by atoms with van der Waals surface area (Å²) in [7, 11) is 0. The molecule has 0 saturated carbocycles. The Labute approximate surface area is 96.0 Å².